The van der Waals surface area contributed by atoms with Crippen LogP contribution in [0.2, 0.25) is 0 Å². The van der Waals surface area contributed by atoms with Gasteiger partial charge < -0.3 is 19.3 Å². The molecule has 0 saturated heterocycles. The van der Waals surface area contributed by atoms with Gasteiger partial charge in [0, 0.05) is 36.4 Å². The summed E-state index contributed by atoms with van der Waals surface area (Å²) in [5.41, 5.74) is 3.63. The van der Waals surface area contributed by atoms with Gasteiger partial charge in [0.2, 0.25) is 0 Å². The van der Waals surface area contributed by atoms with E-state index in [0.717, 1.165) is 5.56 Å². The minimum absolute atomic E-state index is 0.0139. The van der Waals surface area contributed by atoms with Crippen LogP contribution in [0.15, 0.2) is 64.8 Å². The Bertz CT molecular complexity index is 1140. The van der Waals surface area contributed by atoms with Crippen LogP contribution in [0, 0.1) is 5.92 Å². The first-order valence-electron chi connectivity index (χ1n) is 11.3. The number of hydrogen-bond acceptors (Lipinski definition) is 7. The van der Waals surface area contributed by atoms with Gasteiger partial charge in [0.05, 0.1) is 13.7 Å². The molecule has 3 atom stereocenters. The average Bonchev–Trinajstić information content (AvgIpc) is 2.84. The van der Waals surface area contributed by atoms with E-state index in [9.17, 15) is 14.7 Å². The molecule has 0 saturated carbocycles. The molecule has 0 fully saturated rings. The number of aliphatic imine (C=N–C) groups is 1. The van der Waals surface area contributed by atoms with Gasteiger partial charge in [-0.2, -0.15) is 0 Å². The lowest BCUT2D eigenvalue weighted by molar-refractivity contribution is -0.147. The Kier molecular flexibility index (Phi) is 7.12. The lowest BCUT2D eigenvalue weighted by Crippen LogP contribution is -2.38. The molecular weight excluding hydrogens is 434 g/mol. The standard InChI is InChI=1S/C27H29NO6/c1-16-24(27(31)34-12-11-32-2)25(18-9-10-21(29)23(15-18)33-3)26-20(28-16)13-19(14-22(26)30)17-7-5-4-6-8-17/h4-10,15,19,24-25,29H,11-14H2,1-3H3/t19-,24?,25+/m1/s1. The molecule has 2 aromatic rings. The predicted octanol–water partition coefficient (Wildman–Crippen LogP) is 4.17. The fourth-order valence-electron chi connectivity index (χ4n) is 4.89. The van der Waals surface area contributed by atoms with E-state index in [4.69, 9.17) is 19.2 Å². The number of benzene rings is 2. The van der Waals surface area contributed by atoms with Crippen LogP contribution in [0.1, 0.15) is 42.7 Å². The molecule has 0 spiro atoms. The summed E-state index contributed by atoms with van der Waals surface area (Å²) < 4.78 is 15.8. The van der Waals surface area contributed by atoms with Gasteiger partial charge in [-0.3, -0.25) is 14.6 Å². The van der Waals surface area contributed by atoms with Crippen molar-refractivity contribution >= 4 is 17.5 Å². The quantitative estimate of drug-likeness (QED) is 0.489. The maximum Gasteiger partial charge on any atom is 0.315 e. The Morgan fingerprint density at radius 2 is 1.82 bits per heavy atom. The second kappa shape index (κ2) is 10.2. The molecule has 1 N–H and O–H groups in total. The van der Waals surface area contributed by atoms with Crippen molar-refractivity contribution in [3.05, 3.63) is 70.9 Å². The molecule has 7 heteroatoms. The average molecular weight is 464 g/mol. The summed E-state index contributed by atoms with van der Waals surface area (Å²) >= 11 is 0. The van der Waals surface area contributed by atoms with Crippen molar-refractivity contribution in [2.24, 2.45) is 10.9 Å². The number of nitrogens with zero attached hydrogens (tertiary/aromatic N) is 1. The zero-order valence-corrected chi connectivity index (χ0v) is 19.6. The van der Waals surface area contributed by atoms with Crippen LogP contribution in [0.5, 0.6) is 11.5 Å². The maximum atomic E-state index is 13.6. The van der Waals surface area contributed by atoms with Crippen LogP contribution in [0.25, 0.3) is 0 Å². The number of aromatic hydroxyl groups is 1. The summed E-state index contributed by atoms with van der Waals surface area (Å²) in [5.74, 6) is -1.54. The minimum Gasteiger partial charge on any atom is -0.504 e. The van der Waals surface area contributed by atoms with Gasteiger partial charge in [0.25, 0.3) is 0 Å². The summed E-state index contributed by atoms with van der Waals surface area (Å²) in [6.45, 7) is 2.19. The number of hydrogen-bond donors (Lipinski definition) is 1. The number of rotatable bonds is 7. The molecule has 1 aliphatic carbocycles. The molecule has 1 aliphatic heterocycles. The Morgan fingerprint density at radius 3 is 2.53 bits per heavy atom. The van der Waals surface area contributed by atoms with Crippen LogP contribution < -0.4 is 4.74 Å². The Morgan fingerprint density at radius 1 is 1.06 bits per heavy atom. The largest absolute Gasteiger partial charge is 0.504 e. The lowest BCUT2D eigenvalue weighted by atomic mass is 9.69. The maximum absolute atomic E-state index is 13.6. The highest BCUT2D eigenvalue weighted by Gasteiger charge is 2.45. The number of phenolic OH excluding ortho intramolecular Hbond substituents is 1. The van der Waals surface area contributed by atoms with E-state index in [-0.39, 0.29) is 36.4 Å². The molecule has 7 nitrogen and oxygen atoms in total. The minimum atomic E-state index is -0.762. The van der Waals surface area contributed by atoms with Crippen LogP contribution in [-0.2, 0) is 19.1 Å². The number of methoxy groups -OCH3 is 2. The molecule has 4 rings (SSSR count). The molecule has 2 aliphatic rings. The molecular formula is C27H29NO6. The van der Waals surface area contributed by atoms with Crippen molar-refractivity contribution in [1.82, 2.24) is 0 Å². The second-order valence-electron chi connectivity index (χ2n) is 8.60. The smallest absolute Gasteiger partial charge is 0.315 e. The van der Waals surface area contributed by atoms with Gasteiger partial charge in [-0.05, 0) is 42.5 Å². The highest BCUT2D eigenvalue weighted by atomic mass is 16.6. The van der Waals surface area contributed by atoms with Crippen LogP contribution >= 0.6 is 0 Å². The predicted molar refractivity (Wildman–Crippen MR) is 127 cm³/mol. The summed E-state index contributed by atoms with van der Waals surface area (Å²) in [5, 5.41) is 10.1. The summed E-state index contributed by atoms with van der Waals surface area (Å²) in [7, 11) is 3.00. The summed E-state index contributed by atoms with van der Waals surface area (Å²) in [6.07, 6.45) is 0.953. The number of allylic oxidation sites excluding steroid dienone is 2. The zero-order valence-electron chi connectivity index (χ0n) is 19.6. The number of carbonyl (C=O) groups is 2. The fourth-order valence-corrected chi connectivity index (χ4v) is 4.89. The van der Waals surface area contributed by atoms with Crippen molar-refractivity contribution in [1.29, 1.82) is 0 Å². The van der Waals surface area contributed by atoms with E-state index >= 15 is 0 Å². The fraction of sp³-hybridized carbons (Fsp3) is 0.370. The molecule has 0 amide bonds. The molecule has 2 aromatic carbocycles. The number of Topliss-reactive ketones (excluding diaryl/α,β-unsaturated/α-hetero) is 1. The van der Waals surface area contributed by atoms with Gasteiger partial charge >= 0.3 is 5.97 Å². The number of ketones is 1. The molecule has 0 bridgehead atoms. The van der Waals surface area contributed by atoms with E-state index < -0.39 is 17.8 Å². The third-order valence-electron chi connectivity index (χ3n) is 6.51. The normalized spacial score (nSPS) is 22.1. The molecule has 1 heterocycles. The third-order valence-corrected chi connectivity index (χ3v) is 6.51. The van der Waals surface area contributed by atoms with E-state index in [2.05, 4.69) is 0 Å². The van der Waals surface area contributed by atoms with Crippen LogP contribution in [0.4, 0.5) is 0 Å². The zero-order chi connectivity index (χ0) is 24.2. The van der Waals surface area contributed by atoms with Crippen molar-refractivity contribution < 1.29 is 28.9 Å². The van der Waals surface area contributed by atoms with Crippen molar-refractivity contribution in [2.75, 3.05) is 27.4 Å². The first-order valence-corrected chi connectivity index (χ1v) is 11.3. The van der Waals surface area contributed by atoms with Gasteiger partial charge in [-0.1, -0.05) is 36.4 Å². The molecule has 0 aromatic heterocycles. The lowest BCUT2D eigenvalue weighted by Gasteiger charge is -2.36. The molecule has 34 heavy (non-hydrogen) atoms. The van der Waals surface area contributed by atoms with Crippen LogP contribution in [0.3, 0.4) is 0 Å². The number of ether oxygens (including phenoxy) is 3. The first-order chi connectivity index (χ1) is 16.4. The summed E-state index contributed by atoms with van der Waals surface area (Å²) in [4.78, 5) is 31.5. The highest BCUT2D eigenvalue weighted by molar-refractivity contribution is 6.09. The van der Waals surface area contributed by atoms with Crippen molar-refractivity contribution in [3.63, 3.8) is 0 Å². The monoisotopic (exact) mass is 463 g/mol. The van der Waals surface area contributed by atoms with Gasteiger partial charge in [0.1, 0.15) is 12.5 Å². The number of phenols is 1. The van der Waals surface area contributed by atoms with E-state index in [1.165, 1.54) is 20.3 Å². The Balaban J connectivity index is 1.78. The van der Waals surface area contributed by atoms with E-state index in [1.807, 2.05) is 30.3 Å². The highest BCUT2D eigenvalue weighted by Crippen LogP contribution is 2.47. The molecule has 1 unspecified atom stereocenters. The topological polar surface area (TPSA) is 94.4 Å². The van der Waals surface area contributed by atoms with E-state index in [0.29, 0.717) is 35.4 Å². The van der Waals surface area contributed by atoms with Crippen LogP contribution in [-0.4, -0.2) is 50.0 Å². The van der Waals surface area contributed by atoms with E-state index in [1.54, 1.807) is 19.1 Å². The third kappa shape index (κ3) is 4.61. The Hall–Kier alpha value is -3.45. The van der Waals surface area contributed by atoms with Gasteiger partial charge in [0.15, 0.2) is 17.3 Å². The summed E-state index contributed by atoms with van der Waals surface area (Å²) in [6, 6.07) is 14.9. The van der Waals surface area contributed by atoms with Crippen molar-refractivity contribution in [3.8, 4) is 11.5 Å². The molecule has 178 valence electrons. The Labute approximate surface area is 199 Å². The number of esters is 1. The van der Waals surface area contributed by atoms with Gasteiger partial charge in [-0.25, -0.2) is 0 Å². The van der Waals surface area contributed by atoms with Gasteiger partial charge in [-0.15, -0.1) is 0 Å². The number of carbonyl (C=O) groups excluding carboxylic acids is 2. The van der Waals surface area contributed by atoms with Crippen molar-refractivity contribution in [2.45, 2.75) is 31.6 Å². The first kappa shape index (κ1) is 23.7. The molecule has 0 radical (unpaired) electrons. The second-order valence-corrected chi connectivity index (χ2v) is 8.60. The SMILES string of the molecule is COCCOC(=O)C1C(C)=NC2=C(C(=O)C[C@H](c3ccccc3)C2)[C@H]1c1ccc(O)c(OC)c1.